The number of nitrogens with zero attached hydrogens (tertiary/aromatic N) is 1. The second-order valence-corrected chi connectivity index (χ2v) is 13.2. The van der Waals surface area contributed by atoms with Gasteiger partial charge in [-0.15, -0.1) is 11.3 Å². The minimum atomic E-state index is 0.886. The SMILES string of the molecule is c1ccc(-c2ccc3c(ccc4cc(N(c5ccc6c(c5)sc5ccccc56)c5cccc6c5oc5ccccc56)ccc43)c2)cc1. The Morgan fingerprint density at radius 1 is 0.404 bits per heavy atom. The van der Waals surface area contributed by atoms with Gasteiger partial charge in [0.25, 0.3) is 0 Å². The van der Waals surface area contributed by atoms with Gasteiger partial charge in [0.05, 0.1) is 5.69 Å². The third kappa shape index (κ3) is 4.17. The summed E-state index contributed by atoms with van der Waals surface area (Å²) in [6.07, 6.45) is 0. The molecule has 0 amide bonds. The van der Waals surface area contributed by atoms with Crippen molar-refractivity contribution in [2.75, 3.05) is 4.90 Å². The molecule has 2 heterocycles. The summed E-state index contributed by atoms with van der Waals surface area (Å²) in [7, 11) is 0. The van der Waals surface area contributed by atoms with Gasteiger partial charge in [-0.25, -0.2) is 0 Å². The van der Waals surface area contributed by atoms with Crippen LogP contribution < -0.4 is 4.90 Å². The van der Waals surface area contributed by atoms with E-state index >= 15 is 0 Å². The van der Waals surface area contributed by atoms with E-state index in [2.05, 4.69) is 163 Å². The molecule has 0 aliphatic carbocycles. The van der Waals surface area contributed by atoms with E-state index in [9.17, 15) is 0 Å². The highest BCUT2D eigenvalue weighted by Gasteiger charge is 2.20. The van der Waals surface area contributed by atoms with Gasteiger partial charge < -0.3 is 9.32 Å². The highest BCUT2D eigenvalue weighted by atomic mass is 32.1. The van der Waals surface area contributed by atoms with Crippen molar-refractivity contribution in [3.8, 4) is 11.1 Å². The number of furan rings is 1. The lowest BCUT2D eigenvalue weighted by Gasteiger charge is -2.26. The molecule has 0 atom stereocenters. The van der Waals surface area contributed by atoms with Crippen LogP contribution in [0.15, 0.2) is 168 Å². The highest BCUT2D eigenvalue weighted by Crippen LogP contribution is 2.45. The molecule has 8 aromatic carbocycles. The Kier molecular flexibility index (Phi) is 5.78. The van der Waals surface area contributed by atoms with Crippen LogP contribution in [0.1, 0.15) is 0 Å². The van der Waals surface area contributed by atoms with Gasteiger partial charge in [0.15, 0.2) is 5.58 Å². The van der Waals surface area contributed by atoms with Crippen molar-refractivity contribution >= 4 is 92.1 Å². The predicted octanol–water partition coefficient (Wildman–Crippen LogP) is 13.4. The summed E-state index contributed by atoms with van der Waals surface area (Å²) in [4.78, 5) is 2.36. The number of thiophene rings is 1. The largest absolute Gasteiger partial charge is 0.454 e. The number of hydrogen-bond acceptors (Lipinski definition) is 3. The van der Waals surface area contributed by atoms with E-state index in [4.69, 9.17) is 4.42 Å². The maximum absolute atomic E-state index is 6.60. The summed E-state index contributed by atoms with van der Waals surface area (Å²) in [5, 5.41) is 9.78. The average Bonchev–Trinajstić information content (AvgIpc) is 3.70. The molecule has 0 bridgehead atoms. The summed E-state index contributed by atoms with van der Waals surface area (Å²) < 4.78 is 9.17. The molecule has 0 unspecified atom stereocenters. The van der Waals surface area contributed by atoms with Gasteiger partial charge in [-0.05, 0) is 81.2 Å². The van der Waals surface area contributed by atoms with Crippen LogP contribution >= 0.6 is 11.3 Å². The molecule has 0 aliphatic rings. The van der Waals surface area contributed by atoms with Crippen LogP contribution in [0.4, 0.5) is 17.1 Å². The average molecular weight is 618 g/mol. The molecule has 0 radical (unpaired) electrons. The third-order valence-electron chi connectivity index (χ3n) is 9.43. The van der Waals surface area contributed by atoms with Crippen molar-refractivity contribution in [2.24, 2.45) is 0 Å². The van der Waals surface area contributed by atoms with Crippen LogP contribution in [-0.2, 0) is 0 Å². The van der Waals surface area contributed by atoms with Crippen LogP contribution in [0.2, 0.25) is 0 Å². The molecule has 2 nitrogen and oxygen atoms in total. The minimum Gasteiger partial charge on any atom is -0.454 e. The summed E-state index contributed by atoms with van der Waals surface area (Å²) in [6.45, 7) is 0. The summed E-state index contributed by atoms with van der Waals surface area (Å²) >= 11 is 1.84. The number of para-hydroxylation sites is 2. The first-order chi connectivity index (χ1) is 23.3. The molecule has 10 rings (SSSR count). The summed E-state index contributed by atoms with van der Waals surface area (Å²) in [5.41, 5.74) is 7.46. The number of hydrogen-bond donors (Lipinski definition) is 0. The monoisotopic (exact) mass is 617 g/mol. The lowest BCUT2D eigenvalue weighted by atomic mass is 9.97. The quantitative estimate of drug-likeness (QED) is 0.183. The Balaban J connectivity index is 1.18. The summed E-state index contributed by atoms with van der Waals surface area (Å²) in [5.74, 6) is 0. The van der Waals surface area contributed by atoms with Crippen molar-refractivity contribution in [1.29, 1.82) is 0 Å². The van der Waals surface area contributed by atoms with E-state index in [1.165, 1.54) is 52.8 Å². The van der Waals surface area contributed by atoms with Crippen LogP contribution in [0.25, 0.3) is 74.8 Å². The minimum absolute atomic E-state index is 0.886. The second-order valence-electron chi connectivity index (χ2n) is 12.1. The van der Waals surface area contributed by atoms with E-state index in [0.29, 0.717) is 0 Å². The Morgan fingerprint density at radius 2 is 1.06 bits per heavy atom. The lowest BCUT2D eigenvalue weighted by molar-refractivity contribution is 0.669. The van der Waals surface area contributed by atoms with Gasteiger partial charge in [-0.2, -0.15) is 0 Å². The first-order valence-corrected chi connectivity index (χ1v) is 16.7. The first kappa shape index (κ1) is 26.3. The molecule has 10 aromatic rings. The third-order valence-corrected chi connectivity index (χ3v) is 10.6. The molecule has 0 aliphatic heterocycles. The fourth-order valence-corrected chi connectivity index (χ4v) is 8.34. The van der Waals surface area contributed by atoms with Crippen LogP contribution in [0, 0.1) is 0 Å². The number of benzene rings is 8. The van der Waals surface area contributed by atoms with E-state index < -0.39 is 0 Å². The van der Waals surface area contributed by atoms with Gasteiger partial charge in [0.1, 0.15) is 5.58 Å². The predicted molar refractivity (Wildman–Crippen MR) is 202 cm³/mol. The van der Waals surface area contributed by atoms with Crippen LogP contribution in [0.5, 0.6) is 0 Å². The zero-order valence-electron chi connectivity index (χ0n) is 25.4. The van der Waals surface area contributed by atoms with Crippen molar-refractivity contribution < 1.29 is 4.42 Å². The molecule has 220 valence electrons. The Bertz CT molecular complexity index is 2810. The lowest BCUT2D eigenvalue weighted by Crippen LogP contribution is -2.10. The smallest absolute Gasteiger partial charge is 0.159 e. The number of rotatable bonds is 4. The fraction of sp³-hybridized carbons (Fsp3) is 0. The Labute approximate surface area is 275 Å². The molecular formula is C44H27NOS. The van der Waals surface area contributed by atoms with Crippen LogP contribution in [-0.4, -0.2) is 0 Å². The van der Waals surface area contributed by atoms with Crippen molar-refractivity contribution in [3.63, 3.8) is 0 Å². The molecular weight excluding hydrogens is 591 g/mol. The van der Waals surface area contributed by atoms with Crippen LogP contribution in [0.3, 0.4) is 0 Å². The molecule has 3 heteroatoms. The number of fused-ring (bicyclic) bond motifs is 9. The van der Waals surface area contributed by atoms with Gasteiger partial charge in [-0.3, -0.25) is 0 Å². The van der Waals surface area contributed by atoms with Crippen molar-refractivity contribution in [3.05, 3.63) is 164 Å². The van der Waals surface area contributed by atoms with Gasteiger partial charge in [-0.1, -0.05) is 115 Å². The van der Waals surface area contributed by atoms with E-state index in [0.717, 1.165) is 39.0 Å². The first-order valence-electron chi connectivity index (χ1n) is 15.9. The zero-order chi connectivity index (χ0) is 30.9. The molecule has 0 fully saturated rings. The van der Waals surface area contributed by atoms with Gasteiger partial charge in [0, 0.05) is 42.3 Å². The zero-order valence-corrected chi connectivity index (χ0v) is 26.2. The van der Waals surface area contributed by atoms with E-state index in [1.54, 1.807) is 0 Å². The molecule has 0 spiro atoms. The van der Waals surface area contributed by atoms with Gasteiger partial charge in [0.2, 0.25) is 0 Å². The summed E-state index contributed by atoms with van der Waals surface area (Å²) in [6, 6.07) is 59.1. The molecule has 0 saturated carbocycles. The maximum Gasteiger partial charge on any atom is 0.159 e. The van der Waals surface area contributed by atoms with Crippen molar-refractivity contribution in [2.45, 2.75) is 0 Å². The normalized spacial score (nSPS) is 11.8. The Hall–Kier alpha value is -5.90. The molecule has 0 N–H and O–H groups in total. The molecule has 47 heavy (non-hydrogen) atoms. The standard InChI is InChI=1S/C44H27NOS/c1-2-9-28(10-3-1)29-19-22-34-30(25-29)17-18-31-26-32(20-23-35(31)34)45(33-21-24-38-37-12-5-7-16-42(37)47-43(38)27-33)40-14-8-13-39-36-11-4-6-15-41(36)46-44(39)40/h1-27H. The Morgan fingerprint density at radius 3 is 1.94 bits per heavy atom. The fourth-order valence-electron chi connectivity index (χ4n) is 7.20. The topological polar surface area (TPSA) is 16.4 Å². The van der Waals surface area contributed by atoms with Gasteiger partial charge >= 0.3 is 0 Å². The molecule has 0 saturated heterocycles. The van der Waals surface area contributed by atoms with E-state index in [1.807, 2.05) is 17.4 Å². The highest BCUT2D eigenvalue weighted by molar-refractivity contribution is 7.25. The number of anilines is 3. The maximum atomic E-state index is 6.60. The second kappa shape index (κ2) is 10.3. The van der Waals surface area contributed by atoms with E-state index in [-0.39, 0.29) is 0 Å². The molecule has 2 aromatic heterocycles. The van der Waals surface area contributed by atoms with Crippen molar-refractivity contribution in [1.82, 2.24) is 0 Å².